The zero-order valence-electron chi connectivity index (χ0n) is 12.5. The summed E-state index contributed by atoms with van der Waals surface area (Å²) in [6.07, 6.45) is 0. The van der Waals surface area contributed by atoms with Gasteiger partial charge in [-0.2, -0.15) is 11.8 Å². The van der Waals surface area contributed by atoms with Gasteiger partial charge in [-0.3, -0.25) is 4.90 Å². The molecule has 0 aliphatic rings. The monoisotopic (exact) mass is 309 g/mol. The zero-order valence-corrected chi connectivity index (χ0v) is 13.4. The molecule has 2 rings (SSSR count). The van der Waals surface area contributed by atoms with Crippen molar-refractivity contribution in [2.75, 3.05) is 18.6 Å². The van der Waals surface area contributed by atoms with Crippen LogP contribution in [-0.4, -0.2) is 39.7 Å². The Hall–Kier alpha value is -1.40. The first-order valence-electron chi connectivity index (χ1n) is 6.96. The van der Waals surface area contributed by atoms with Crippen molar-refractivity contribution >= 4 is 11.8 Å². The summed E-state index contributed by atoms with van der Waals surface area (Å²) in [7, 11) is 2.04. The van der Waals surface area contributed by atoms with E-state index in [1.165, 1.54) is 12.1 Å². The van der Waals surface area contributed by atoms with Gasteiger partial charge in [0.25, 0.3) is 0 Å². The Labute approximate surface area is 128 Å². The molecule has 2 aromatic rings. The van der Waals surface area contributed by atoms with Gasteiger partial charge in [-0.15, -0.1) is 10.2 Å². The number of hydrogen-bond donors (Lipinski definition) is 0. The van der Waals surface area contributed by atoms with Crippen LogP contribution in [0, 0.1) is 5.82 Å². The molecule has 1 aromatic heterocycles. The molecule has 0 bridgehead atoms. The Kier molecular flexibility index (Phi) is 5.76. The fraction of sp³-hybridized carbons (Fsp3) is 0.467. The quantitative estimate of drug-likeness (QED) is 0.783. The molecular weight excluding hydrogens is 289 g/mol. The summed E-state index contributed by atoms with van der Waals surface area (Å²) in [5.41, 5.74) is 0.729. The summed E-state index contributed by atoms with van der Waals surface area (Å²) in [6.45, 7) is 4.95. The van der Waals surface area contributed by atoms with Gasteiger partial charge in [0.2, 0.25) is 11.8 Å². The van der Waals surface area contributed by atoms with Crippen LogP contribution in [0.3, 0.4) is 0 Å². The van der Waals surface area contributed by atoms with Gasteiger partial charge in [-0.1, -0.05) is 6.92 Å². The van der Waals surface area contributed by atoms with Gasteiger partial charge in [-0.25, -0.2) is 4.39 Å². The van der Waals surface area contributed by atoms with Gasteiger partial charge in [0.15, 0.2) is 0 Å². The number of rotatable bonds is 7. The van der Waals surface area contributed by atoms with E-state index in [2.05, 4.69) is 28.9 Å². The third-order valence-electron chi connectivity index (χ3n) is 3.26. The topological polar surface area (TPSA) is 42.2 Å². The molecule has 6 heteroatoms. The Morgan fingerprint density at radius 1 is 1.29 bits per heavy atom. The molecule has 114 valence electrons. The lowest BCUT2D eigenvalue weighted by Crippen LogP contribution is -2.30. The van der Waals surface area contributed by atoms with E-state index in [1.54, 1.807) is 12.1 Å². The second kappa shape index (κ2) is 7.56. The molecule has 1 heterocycles. The lowest BCUT2D eigenvalue weighted by atomic mass is 10.2. The standard InChI is InChI=1S/C15H20FN3OS/c1-4-21-10-11(2)19(3)9-14-17-18-15(20-14)12-5-7-13(16)8-6-12/h5-8,11H,4,9-10H2,1-3H3. The highest BCUT2D eigenvalue weighted by Crippen LogP contribution is 2.19. The number of thioether (sulfide) groups is 1. The average molecular weight is 309 g/mol. The molecule has 0 fully saturated rings. The third-order valence-corrected chi connectivity index (χ3v) is 4.38. The van der Waals surface area contributed by atoms with Crippen molar-refractivity contribution in [1.29, 1.82) is 0 Å². The molecule has 0 amide bonds. The summed E-state index contributed by atoms with van der Waals surface area (Å²) < 4.78 is 18.5. The van der Waals surface area contributed by atoms with Gasteiger partial charge >= 0.3 is 0 Å². The van der Waals surface area contributed by atoms with Crippen LogP contribution >= 0.6 is 11.8 Å². The van der Waals surface area contributed by atoms with Gasteiger partial charge in [0, 0.05) is 17.4 Å². The lowest BCUT2D eigenvalue weighted by molar-refractivity contribution is 0.243. The highest BCUT2D eigenvalue weighted by Gasteiger charge is 2.14. The SMILES string of the molecule is CCSCC(C)N(C)Cc1nnc(-c2ccc(F)cc2)o1. The maximum Gasteiger partial charge on any atom is 0.247 e. The van der Waals surface area contributed by atoms with Crippen LogP contribution in [0.4, 0.5) is 4.39 Å². The minimum absolute atomic E-state index is 0.277. The van der Waals surface area contributed by atoms with E-state index >= 15 is 0 Å². The van der Waals surface area contributed by atoms with Crippen LogP contribution in [0.1, 0.15) is 19.7 Å². The van der Waals surface area contributed by atoms with E-state index in [9.17, 15) is 4.39 Å². The molecule has 0 saturated heterocycles. The van der Waals surface area contributed by atoms with Crippen LogP contribution in [0.2, 0.25) is 0 Å². The minimum Gasteiger partial charge on any atom is -0.419 e. The van der Waals surface area contributed by atoms with E-state index in [0.717, 1.165) is 17.1 Å². The normalized spacial score (nSPS) is 12.8. The first-order valence-corrected chi connectivity index (χ1v) is 8.12. The third kappa shape index (κ3) is 4.54. The molecular formula is C15H20FN3OS. The molecule has 0 saturated carbocycles. The number of benzene rings is 1. The van der Waals surface area contributed by atoms with E-state index < -0.39 is 0 Å². The van der Waals surface area contributed by atoms with Crippen molar-refractivity contribution in [3.8, 4) is 11.5 Å². The first kappa shape index (κ1) is 16.0. The zero-order chi connectivity index (χ0) is 15.2. The lowest BCUT2D eigenvalue weighted by Gasteiger charge is -2.22. The number of hydrogen-bond acceptors (Lipinski definition) is 5. The van der Waals surface area contributed by atoms with Crippen LogP contribution in [0.15, 0.2) is 28.7 Å². The van der Waals surface area contributed by atoms with Crippen molar-refractivity contribution in [3.05, 3.63) is 36.0 Å². The average Bonchev–Trinajstić information content (AvgIpc) is 2.93. The van der Waals surface area contributed by atoms with Gasteiger partial charge in [-0.05, 0) is 44.0 Å². The molecule has 21 heavy (non-hydrogen) atoms. The Bertz CT molecular complexity index is 558. The molecule has 1 unspecified atom stereocenters. The Morgan fingerprint density at radius 3 is 2.67 bits per heavy atom. The molecule has 0 aliphatic heterocycles. The predicted octanol–water partition coefficient (Wildman–Crippen LogP) is 3.45. The molecule has 1 aromatic carbocycles. The molecule has 4 nitrogen and oxygen atoms in total. The number of aromatic nitrogens is 2. The summed E-state index contributed by atoms with van der Waals surface area (Å²) in [6, 6.07) is 6.48. The highest BCUT2D eigenvalue weighted by molar-refractivity contribution is 7.99. The van der Waals surface area contributed by atoms with Crippen molar-refractivity contribution in [2.45, 2.75) is 26.4 Å². The fourth-order valence-corrected chi connectivity index (χ4v) is 2.64. The van der Waals surface area contributed by atoms with Gasteiger partial charge in [0.1, 0.15) is 5.82 Å². The summed E-state index contributed by atoms with van der Waals surface area (Å²) in [4.78, 5) is 2.19. The minimum atomic E-state index is -0.277. The molecule has 0 radical (unpaired) electrons. The molecule has 0 N–H and O–H groups in total. The highest BCUT2D eigenvalue weighted by atomic mass is 32.2. The van der Waals surface area contributed by atoms with Gasteiger partial charge < -0.3 is 4.42 Å². The van der Waals surface area contributed by atoms with Crippen molar-refractivity contribution < 1.29 is 8.81 Å². The number of halogens is 1. The molecule has 0 aliphatic carbocycles. The maximum atomic E-state index is 12.9. The van der Waals surface area contributed by atoms with Crippen LogP contribution in [0.5, 0.6) is 0 Å². The van der Waals surface area contributed by atoms with Gasteiger partial charge in [0.05, 0.1) is 6.54 Å². The molecule has 0 spiro atoms. The Morgan fingerprint density at radius 2 is 2.00 bits per heavy atom. The van der Waals surface area contributed by atoms with Crippen LogP contribution < -0.4 is 0 Å². The Balaban J connectivity index is 1.98. The smallest absolute Gasteiger partial charge is 0.247 e. The van der Waals surface area contributed by atoms with Crippen molar-refractivity contribution in [2.24, 2.45) is 0 Å². The predicted molar refractivity (Wildman–Crippen MR) is 83.6 cm³/mol. The van der Waals surface area contributed by atoms with E-state index in [0.29, 0.717) is 24.4 Å². The fourth-order valence-electron chi connectivity index (χ4n) is 1.81. The maximum absolute atomic E-state index is 12.9. The van der Waals surface area contributed by atoms with Crippen molar-refractivity contribution in [3.63, 3.8) is 0 Å². The van der Waals surface area contributed by atoms with E-state index in [1.807, 2.05) is 18.8 Å². The second-order valence-corrected chi connectivity index (χ2v) is 6.25. The molecule has 1 atom stereocenters. The van der Waals surface area contributed by atoms with E-state index in [4.69, 9.17) is 4.42 Å². The second-order valence-electron chi connectivity index (χ2n) is 4.93. The van der Waals surface area contributed by atoms with E-state index in [-0.39, 0.29) is 5.82 Å². The summed E-state index contributed by atoms with van der Waals surface area (Å²) >= 11 is 1.91. The van der Waals surface area contributed by atoms with Crippen LogP contribution in [-0.2, 0) is 6.54 Å². The first-order chi connectivity index (χ1) is 10.1. The number of nitrogens with zero attached hydrogens (tertiary/aromatic N) is 3. The largest absolute Gasteiger partial charge is 0.419 e. The van der Waals surface area contributed by atoms with Crippen molar-refractivity contribution in [1.82, 2.24) is 15.1 Å². The van der Waals surface area contributed by atoms with Crippen LogP contribution in [0.25, 0.3) is 11.5 Å². The summed E-state index contributed by atoms with van der Waals surface area (Å²) in [5.74, 6) is 2.92. The summed E-state index contributed by atoms with van der Waals surface area (Å²) in [5, 5.41) is 8.08.